The van der Waals surface area contributed by atoms with E-state index in [1.807, 2.05) is 11.0 Å². The first-order chi connectivity index (χ1) is 12.1. The highest BCUT2D eigenvalue weighted by Crippen LogP contribution is 2.32. The molecule has 8 nitrogen and oxygen atoms in total. The van der Waals surface area contributed by atoms with E-state index in [0.717, 1.165) is 58.5 Å². The van der Waals surface area contributed by atoms with Crippen LogP contribution < -0.4 is 0 Å². The standard InChI is InChI=1S/C17H29N7O/c1-3-8-23-11-7-17(6-5-16(23)25)14-22(13-12-21(17)2)9-4-10-24-15-18-19-20-24/h3,15H,1,4-14H2,2H3. The molecule has 138 valence electrons. The van der Waals surface area contributed by atoms with Crippen LogP contribution in [0, 0.1) is 0 Å². The number of hydrogen-bond acceptors (Lipinski definition) is 6. The van der Waals surface area contributed by atoms with Gasteiger partial charge in [0.1, 0.15) is 6.33 Å². The molecule has 3 rings (SSSR count). The number of amides is 1. The van der Waals surface area contributed by atoms with Crippen LogP contribution in [0.25, 0.3) is 0 Å². The van der Waals surface area contributed by atoms with Crippen molar-refractivity contribution in [3.05, 3.63) is 19.0 Å². The van der Waals surface area contributed by atoms with E-state index >= 15 is 0 Å². The summed E-state index contributed by atoms with van der Waals surface area (Å²) in [5.41, 5.74) is 0.110. The summed E-state index contributed by atoms with van der Waals surface area (Å²) in [5, 5.41) is 11.3. The Labute approximate surface area is 149 Å². The molecule has 1 aromatic heterocycles. The monoisotopic (exact) mass is 347 g/mol. The van der Waals surface area contributed by atoms with Gasteiger partial charge in [-0.15, -0.1) is 11.7 Å². The third kappa shape index (κ3) is 4.24. The molecule has 1 spiro atoms. The summed E-state index contributed by atoms with van der Waals surface area (Å²) in [4.78, 5) is 19.3. The van der Waals surface area contributed by atoms with Crippen molar-refractivity contribution in [3.63, 3.8) is 0 Å². The van der Waals surface area contributed by atoms with E-state index in [-0.39, 0.29) is 11.4 Å². The lowest BCUT2D eigenvalue weighted by Crippen LogP contribution is -2.61. The molecule has 25 heavy (non-hydrogen) atoms. The molecule has 8 heteroatoms. The van der Waals surface area contributed by atoms with Crippen LogP contribution in [0.4, 0.5) is 0 Å². The summed E-state index contributed by atoms with van der Waals surface area (Å²) < 4.78 is 1.78. The van der Waals surface area contributed by atoms with Crippen molar-refractivity contribution in [2.24, 2.45) is 0 Å². The van der Waals surface area contributed by atoms with Crippen LogP contribution in [0.2, 0.25) is 0 Å². The summed E-state index contributed by atoms with van der Waals surface area (Å²) in [7, 11) is 2.21. The second-order valence-electron chi connectivity index (χ2n) is 7.23. The Bertz CT molecular complexity index is 576. The van der Waals surface area contributed by atoms with Crippen molar-refractivity contribution in [1.29, 1.82) is 0 Å². The summed E-state index contributed by atoms with van der Waals surface area (Å²) >= 11 is 0. The first kappa shape index (κ1) is 18.0. The number of piperazine rings is 1. The van der Waals surface area contributed by atoms with E-state index in [1.165, 1.54) is 0 Å². The molecule has 1 unspecified atom stereocenters. The Balaban J connectivity index is 1.57. The summed E-state index contributed by atoms with van der Waals surface area (Å²) in [6.07, 6.45) is 7.14. The molecule has 2 aliphatic heterocycles. The Kier molecular flexibility index (Phi) is 5.80. The highest BCUT2D eigenvalue weighted by atomic mass is 16.2. The van der Waals surface area contributed by atoms with Crippen molar-refractivity contribution in [3.8, 4) is 0 Å². The van der Waals surface area contributed by atoms with Crippen LogP contribution in [-0.2, 0) is 11.3 Å². The number of likely N-dealkylation sites (tertiary alicyclic amines) is 1. The Morgan fingerprint density at radius 2 is 2.16 bits per heavy atom. The molecular weight excluding hydrogens is 318 g/mol. The highest BCUT2D eigenvalue weighted by molar-refractivity contribution is 5.76. The molecule has 2 saturated heterocycles. The van der Waals surface area contributed by atoms with Crippen LogP contribution in [0.5, 0.6) is 0 Å². The summed E-state index contributed by atoms with van der Waals surface area (Å²) in [6, 6.07) is 0. The summed E-state index contributed by atoms with van der Waals surface area (Å²) in [6.45, 7) is 10.3. The average Bonchev–Trinajstić information content (AvgIpc) is 3.07. The van der Waals surface area contributed by atoms with Crippen LogP contribution in [0.3, 0.4) is 0 Å². The van der Waals surface area contributed by atoms with Crippen molar-refractivity contribution in [2.75, 3.05) is 46.3 Å². The van der Waals surface area contributed by atoms with Gasteiger partial charge in [0.25, 0.3) is 0 Å². The number of carbonyl (C=O) groups excluding carboxylic acids is 1. The Hall–Kier alpha value is -1.80. The summed E-state index contributed by atoms with van der Waals surface area (Å²) in [5.74, 6) is 0.265. The number of rotatable bonds is 6. The molecule has 1 aromatic rings. The maximum atomic E-state index is 12.3. The normalized spacial score (nSPS) is 26.1. The fraction of sp³-hybridized carbons (Fsp3) is 0.765. The van der Waals surface area contributed by atoms with Crippen LogP contribution >= 0.6 is 0 Å². The van der Waals surface area contributed by atoms with E-state index in [4.69, 9.17) is 0 Å². The molecular formula is C17H29N7O. The van der Waals surface area contributed by atoms with Gasteiger partial charge >= 0.3 is 0 Å². The van der Waals surface area contributed by atoms with E-state index in [9.17, 15) is 4.79 Å². The van der Waals surface area contributed by atoms with Gasteiger partial charge in [0.05, 0.1) is 0 Å². The molecule has 2 aliphatic rings. The number of aromatic nitrogens is 4. The van der Waals surface area contributed by atoms with Gasteiger partial charge in [0, 0.05) is 57.8 Å². The van der Waals surface area contributed by atoms with Crippen molar-refractivity contribution >= 4 is 5.91 Å². The lowest BCUT2D eigenvalue weighted by molar-refractivity contribution is -0.130. The molecule has 0 bridgehead atoms. The molecule has 1 amide bonds. The van der Waals surface area contributed by atoms with E-state index in [1.54, 1.807) is 11.0 Å². The third-order valence-corrected chi connectivity index (χ3v) is 5.69. The minimum absolute atomic E-state index is 0.110. The zero-order chi connectivity index (χ0) is 17.7. The van der Waals surface area contributed by atoms with Gasteiger partial charge in [-0.3, -0.25) is 9.69 Å². The maximum Gasteiger partial charge on any atom is 0.222 e. The fourth-order valence-electron chi connectivity index (χ4n) is 4.05. The second kappa shape index (κ2) is 8.05. The largest absolute Gasteiger partial charge is 0.339 e. The number of carbonyl (C=O) groups is 1. The van der Waals surface area contributed by atoms with Gasteiger partial charge in [-0.2, -0.15) is 0 Å². The highest BCUT2D eigenvalue weighted by Gasteiger charge is 2.41. The molecule has 0 saturated carbocycles. The van der Waals surface area contributed by atoms with Crippen molar-refractivity contribution in [1.82, 2.24) is 34.9 Å². The number of likely N-dealkylation sites (N-methyl/N-ethyl adjacent to an activating group) is 1. The Morgan fingerprint density at radius 3 is 2.92 bits per heavy atom. The topological polar surface area (TPSA) is 70.4 Å². The molecule has 0 radical (unpaired) electrons. The molecule has 0 aromatic carbocycles. The van der Waals surface area contributed by atoms with Gasteiger partial charge < -0.3 is 9.80 Å². The van der Waals surface area contributed by atoms with Gasteiger partial charge in [-0.1, -0.05) is 6.08 Å². The van der Waals surface area contributed by atoms with Gasteiger partial charge in [0.15, 0.2) is 0 Å². The first-order valence-electron chi connectivity index (χ1n) is 9.16. The molecule has 1 atom stereocenters. The maximum absolute atomic E-state index is 12.3. The average molecular weight is 347 g/mol. The molecule has 0 aliphatic carbocycles. The number of tetrazole rings is 1. The molecule has 3 heterocycles. The number of hydrogen-bond donors (Lipinski definition) is 0. The predicted octanol–water partition coefficient (Wildman–Crippen LogP) is 0.248. The molecule has 0 N–H and O–H groups in total. The van der Waals surface area contributed by atoms with Crippen molar-refractivity contribution < 1.29 is 4.79 Å². The van der Waals surface area contributed by atoms with Crippen LogP contribution in [0.1, 0.15) is 25.7 Å². The van der Waals surface area contributed by atoms with Gasteiger partial charge in [-0.05, 0) is 36.7 Å². The third-order valence-electron chi connectivity index (χ3n) is 5.69. The van der Waals surface area contributed by atoms with Crippen molar-refractivity contribution in [2.45, 2.75) is 37.8 Å². The van der Waals surface area contributed by atoms with E-state index in [2.05, 4.69) is 39.0 Å². The lowest BCUT2D eigenvalue weighted by atomic mass is 9.86. The number of aryl methyl sites for hydroxylation is 1. The van der Waals surface area contributed by atoms with Gasteiger partial charge in [0.2, 0.25) is 5.91 Å². The first-order valence-corrected chi connectivity index (χ1v) is 9.16. The zero-order valence-corrected chi connectivity index (χ0v) is 15.2. The van der Waals surface area contributed by atoms with Gasteiger partial charge in [-0.25, -0.2) is 4.68 Å². The van der Waals surface area contributed by atoms with E-state index in [0.29, 0.717) is 13.0 Å². The van der Waals surface area contributed by atoms with Crippen LogP contribution in [-0.4, -0.2) is 92.7 Å². The zero-order valence-electron chi connectivity index (χ0n) is 15.2. The minimum atomic E-state index is 0.110. The number of nitrogens with zero attached hydrogens (tertiary/aromatic N) is 7. The lowest BCUT2D eigenvalue weighted by Gasteiger charge is -2.49. The quantitative estimate of drug-likeness (QED) is 0.687. The predicted molar refractivity (Wildman–Crippen MR) is 94.9 cm³/mol. The molecule has 2 fully saturated rings. The fourth-order valence-corrected chi connectivity index (χ4v) is 4.05. The van der Waals surface area contributed by atoms with Crippen LogP contribution in [0.15, 0.2) is 19.0 Å². The smallest absolute Gasteiger partial charge is 0.222 e. The minimum Gasteiger partial charge on any atom is -0.339 e. The van der Waals surface area contributed by atoms with E-state index < -0.39 is 0 Å². The Morgan fingerprint density at radius 1 is 1.28 bits per heavy atom. The SMILES string of the molecule is C=CCN1CCC2(CCC1=O)CN(CCCn1cnnn1)CCN2C. The second-order valence-corrected chi connectivity index (χ2v) is 7.23.